The fraction of sp³-hybridized carbons (Fsp3) is 0.500. The first-order valence-corrected chi connectivity index (χ1v) is 7.74. The number of rotatable bonds is 6. The zero-order valence-electron chi connectivity index (χ0n) is 13.3. The summed E-state index contributed by atoms with van der Waals surface area (Å²) in [6.07, 6.45) is 7.91. The molecule has 3 rings (SSSR count). The van der Waals surface area contributed by atoms with E-state index in [0.29, 0.717) is 29.9 Å². The normalized spacial score (nSPS) is 18.7. The molecule has 0 unspecified atom stereocenters. The molecule has 0 aliphatic heterocycles. The van der Waals surface area contributed by atoms with E-state index in [1.54, 1.807) is 18.7 Å². The Balaban J connectivity index is 1.65. The Morgan fingerprint density at radius 2 is 2.30 bits per heavy atom. The molecule has 2 N–H and O–H groups in total. The summed E-state index contributed by atoms with van der Waals surface area (Å²) < 4.78 is 4.79. The maximum atomic E-state index is 9.24. The molecule has 0 aromatic carbocycles. The van der Waals surface area contributed by atoms with Crippen molar-refractivity contribution in [1.29, 1.82) is 5.26 Å². The first kappa shape index (κ1) is 15.3. The summed E-state index contributed by atoms with van der Waals surface area (Å²) in [7, 11) is 0. The Kier molecular flexibility index (Phi) is 4.15. The Morgan fingerprint density at radius 1 is 1.43 bits per heavy atom. The summed E-state index contributed by atoms with van der Waals surface area (Å²) in [5.41, 5.74) is 1.72. The van der Waals surface area contributed by atoms with E-state index >= 15 is 0 Å². The molecule has 1 fully saturated rings. The van der Waals surface area contributed by atoms with E-state index in [4.69, 9.17) is 4.52 Å². The molecule has 0 radical (unpaired) electrons. The van der Waals surface area contributed by atoms with Crippen LogP contribution in [-0.4, -0.2) is 27.7 Å². The minimum absolute atomic E-state index is 0.236. The van der Waals surface area contributed by atoms with Crippen LogP contribution in [0.5, 0.6) is 0 Å². The van der Waals surface area contributed by atoms with Gasteiger partial charge < -0.3 is 15.2 Å². The van der Waals surface area contributed by atoms with Gasteiger partial charge >= 0.3 is 0 Å². The zero-order chi connectivity index (χ0) is 16.3. The SMILES string of the molecule is CC1(C)CC[C@H]1Nc1nc(NCCc2cnoc2)ncc1C#N. The van der Waals surface area contributed by atoms with Crippen LogP contribution < -0.4 is 10.6 Å². The number of nitrogens with one attached hydrogen (secondary N) is 2. The summed E-state index contributed by atoms with van der Waals surface area (Å²) in [6, 6.07) is 2.49. The lowest BCUT2D eigenvalue weighted by atomic mass is 9.67. The summed E-state index contributed by atoms with van der Waals surface area (Å²) >= 11 is 0. The molecule has 2 aromatic rings. The van der Waals surface area contributed by atoms with E-state index in [9.17, 15) is 5.26 Å². The van der Waals surface area contributed by atoms with Gasteiger partial charge in [-0.15, -0.1) is 0 Å². The molecular formula is C16H20N6O. The summed E-state index contributed by atoms with van der Waals surface area (Å²) in [5.74, 6) is 1.12. The standard InChI is InChI=1S/C16H20N6O/c1-16(2)5-3-13(16)21-14-12(7-17)9-19-15(22-14)18-6-4-11-8-20-23-10-11/h8-10,13H,3-6H2,1-2H3,(H2,18,19,21,22)/t13-/m1/s1. The van der Waals surface area contributed by atoms with Gasteiger partial charge in [0.2, 0.25) is 5.95 Å². The number of nitrogens with zero attached hydrogens (tertiary/aromatic N) is 4. The maximum Gasteiger partial charge on any atom is 0.224 e. The summed E-state index contributed by atoms with van der Waals surface area (Å²) in [6.45, 7) is 5.11. The molecule has 1 atom stereocenters. The monoisotopic (exact) mass is 312 g/mol. The van der Waals surface area contributed by atoms with Gasteiger partial charge in [0.25, 0.3) is 0 Å². The van der Waals surface area contributed by atoms with Crippen LogP contribution in [0.4, 0.5) is 11.8 Å². The number of aromatic nitrogens is 3. The van der Waals surface area contributed by atoms with Crippen molar-refractivity contribution in [3.05, 3.63) is 29.8 Å². The van der Waals surface area contributed by atoms with Crippen molar-refractivity contribution >= 4 is 11.8 Å². The second-order valence-electron chi connectivity index (χ2n) is 6.50. The maximum absolute atomic E-state index is 9.24. The Labute approximate surface area is 135 Å². The lowest BCUT2D eigenvalue weighted by molar-refractivity contribution is 0.159. The van der Waals surface area contributed by atoms with Crippen LogP contribution in [-0.2, 0) is 6.42 Å². The predicted molar refractivity (Wildman–Crippen MR) is 85.9 cm³/mol. The molecule has 1 aliphatic rings. The number of nitriles is 1. The molecular weight excluding hydrogens is 292 g/mol. The van der Waals surface area contributed by atoms with Gasteiger partial charge in [-0.25, -0.2) is 4.98 Å². The largest absolute Gasteiger partial charge is 0.366 e. The van der Waals surface area contributed by atoms with Gasteiger partial charge in [-0.3, -0.25) is 0 Å². The summed E-state index contributed by atoms with van der Waals surface area (Å²) in [4.78, 5) is 8.65. The predicted octanol–water partition coefficient (Wildman–Crippen LogP) is 2.59. The molecule has 7 heteroatoms. The lowest BCUT2D eigenvalue weighted by Gasteiger charge is -2.45. The molecule has 2 heterocycles. The Morgan fingerprint density at radius 3 is 2.91 bits per heavy atom. The lowest BCUT2D eigenvalue weighted by Crippen LogP contribution is -2.45. The Hall–Kier alpha value is -2.62. The van der Waals surface area contributed by atoms with Gasteiger partial charge in [0.1, 0.15) is 23.7 Å². The van der Waals surface area contributed by atoms with Gasteiger partial charge in [0.15, 0.2) is 0 Å². The van der Waals surface area contributed by atoms with Gasteiger partial charge in [-0.1, -0.05) is 19.0 Å². The van der Waals surface area contributed by atoms with E-state index in [1.807, 2.05) is 0 Å². The van der Waals surface area contributed by atoms with Crippen molar-refractivity contribution in [2.45, 2.75) is 39.2 Å². The van der Waals surface area contributed by atoms with Crippen molar-refractivity contribution in [3.63, 3.8) is 0 Å². The topological polar surface area (TPSA) is 99.7 Å². The molecule has 0 spiro atoms. The smallest absolute Gasteiger partial charge is 0.224 e. The number of anilines is 2. The van der Waals surface area contributed by atoms with Crippen LogP contribution in [0.15, 0.2) is 23.2 Å². The van der Waals surface area contributed by atoms with E-state index in [-0.39, 0.29) is 5.41 Å². The average Bonchev–Trinajstić information content (AvgIpc) is 3.05. The van der Waals surface area contributed by atoms with E-state index in [0.717, 1.165) is 18.4 Å². The molecule has 0 bridgehead atoms. The second-order valence-corrected chi connectivity index (χ2v) is 6.50. The molecule has 120 valence electrons. The third-order valence-electron chi connectivity index (χ3n) is 4.42. The Bertz CT molecular complexity index is 704. The minimum atomic E-state index is 0.236. The highest BCUT2D eigenvalue weighted by atomic mass is 16.5. The fourth-order valence-corrected chi connectivity index (χ4v) is 2.63. The van der Waals surface area contributed by atoms with E-state index in [1.165, 1.54) is 6.42 Å². The van der Waals surface area contributed by atoms with Crippen molar-refractivity contribution in [2.24, 2.45) is 5.41 Å². The molecule has 1 aliphatic carbocycles. The highest BCUT2D eigenvalue weighted by molar-refractivity contribution is 5.54. The van der Waals surface area contributed by atoms with Crippen LogP contribution in [0.25, 0.3) is 0 Å². The van der Waals surface area contributed by atoms with Crippen LogP contribution >= 0.6 is 0 Å². The van der Waals surface area contributed by atoms with Crippen LogP contribution in [0.3, 0.4) is 0 Å². The molecule has 0 amide bonds. The molecule has 1 saturated carbocycles. The fourth-order valence-electron chi connectivity index (χ4n) is 2.63. The van der Waals surface area contributed by atoms with Crippen molar-refractivity contribution in [3.8, 4) is 6.07 Å². The van der Waals surface area contributed by atoms with Crippen LogP contribution in [0.1, 0.15) is 37.8 Å². The highest BCUT2D eigenvalue weighted by Gasteiger charge is 2.38. The molecule has 0 saturated heterocycles. The molecule has 23 heavy (non-hydrogen) atoms. The first-order valence-electron chi connectivity index (χ1n) is 7.74. The molecule has 2 aromatic heterocycles. The van der Waals surface area contributed by atoms with Crippen molar-refractivity contribution in [1.82, 2.24) is 15.1 Å². The second kappa shape index (κ2) is 6.24. The van der Waals surface area contributed by atoms with Gasteiger partial charge in [-0.05, 0) is 24.7 Å². The zero-order valence-corrected chi connectivity index (χ0v) is 13.3. The minimum Gasteiger partial charge on any atom is -0.366 e. The third-order valence-corrected chi connectivity index (χ3v) is 4.42. The quantitative estimate of drug-likeness (QED) is 0.845. The van der Waals surface area contributed by atoms with Crippen LogP contribution in [0, 0.1) is 16.7 Å². The highest BCUT2D eigenvalue weighted by Crippen LogP contribution is 2.41. The van der Waals surface area contributed by atoms with Gasteiger partial charge in [0.05, 0.1) is 12.4 Å². The first-order chi connectivity index (χ1) is 11.1. The van der Waals surface area contributed by atoms with Crippen molar-refractivity contribution < 1.29 is 4.52 Å². The number of hydrogen-bond donors (Lipinski definition) is 2. The van der Waals surface area contributed by atoms with E-state index in [2.05, 4.69) is 45.7 Å². The van der Waals surface area contributed by atoms with Crippen LogP contribution in [0.2, 0.25) is 0 Å². The number of hydrogen-bond acceptors (Lipinski definition) is 7. The van der Waals surface area contributed by atoms with E-state index < -0.39 is 0 Å². The van der Waals surface area contributed by atoms with Gasteiger partial charge in [-0.2, -0.15) is 10.2 Å². The molecule has 7 nitrogen and oxygen atoms in total. The third kappa shape index (κ3) is 3.42. The van der Waals surface area contributed by atoms with Crippen molar-refractivity contribution in [2.75, 3.05) is 17.2 Å². The van der Waals surface area contributed by atoms with Gasteiger partial charge in [0, 0.05) is 18.2 Å². The summed E-state index contributed by atoms with van der Waals surface area (Å²) in [5, 5.41) is 19.5. The average molecular weight is 312 g/mol.